The number of imidazole rings is 1. The van der Waals surface area contributed by atoms with E-state index in [0.29, 0.717) is 0 Å². The number of aromatic nitrogens is 2. The molecule has 4 heteroatoms. The Bertz CT molecular complexity index is 667. The van der Waals surface area contributed by atoms with Crippen molar-refractivity contribution in [2.45, 2.75) is 6.92 Å². The van der Waals surface area contributed by atoms with Gasteiger partial charge < -0.3 is 9.15 Å². The second kappa shape index (κ2) is 3.66. The minimum Gasteiger partial charge on any atom is -0.482 e. The molecule has 0 saturated heterocycles. The van der Waals surface area contributed by atoms with Gasteiger partial charge in [0.1, 0.15) is 5.76 Å². The lowest BCUT2D eigenvalue weighted by atomic mass is 10.4. The molecule has 0 aliphatic rings. The first-order valence-corrected chi connectivity index (χ1v) is 5.37. The Morgan fingerprint density at radius 1 is 1.24 bits per heavy atom. The van der Waals surface area contributed by atoms with Crippen molar-refractivity contribution in [3.63, 3.8) is 0 Å². The fourth-order valence-electron chi connectivity index (χ4n) is 1.91. The van der Waals surface area contributed by atoms with E-state index in [1.807, 2.05) is 41.7 Å². The predicted octanol–water partition coefficient (Wildman–Crippen LogP) is 2.91. The van der Waals surface area contributed by atoms with Crippen LogP contribution in [0.2, 0.25) is 0 Å². The van der Waals surface area contributed by atoms with Gasteiger partial charge >= 0.3 is 0 Å². The Balaban J connectivity index is 2.30. The molecule has 3 heterocycles. The fourth-order valence-corrected chi connectivity index (χ4v) is 1.91. The zero-order valence-electron chi connectivity index (χ0n) is 9.68. The predicted molar refractivity (Wildman–Crippen MR) is 64.2 cm³/mol. The number of pyridine rings is 1. The molecule has 0 spiro atoms. The molecule has 3 aromatic rings. The lowest BCUT2D eigenvalue weighted by Crippen LogP contribution is -1.95. The highest BCUT2D eigenvalue weighted by Gasteiger charge is 2.12. The Morgan fingerprint density at radius 2 is 2.12 bits per heavy atom. The second-order valence-electron chi connectivity index (χ2n) is 3.82. The van der Waals surface area contributed by atoms with Crippen LogP contribution >= 0.6 is 0 Å². The summed E-state index contributed by atoms with van der Waals surface area (Å²) < 4.78 is 12.9. The van der Waals surface area contributed by atoms with Crippen molar-refractivity contribution in [2.75, 3.05) is 7.11 Å². The summed E-state index contributed by atoms with van der Waals surface area (Å²) in [5.74, 6) is 3.10. The number of furan rings is 1. The van der Waals surface area contributed by atoms with Crippen molar-refractivity contribution in [1.82, 2.24) is 9.38 Å². The molecule has 0 atom stereocenters. The number of methoxy groups -OCH3 is 1. The summed E-state index contributed by atoms with van der Waals surface area (Å²) in [6.45, 7) is 1.91. The molecule has 0 N–H and O–H groups in total. The number of hydrogen-bond acceptors (Lipinski definition) is 3. The first-order valence-electron chi connectivity index (χ1n) is 5.37. The van der Waals surface area contributed by atoms with Crippen LogP contribution in [0.3, 0.4) is 0 Å². The molecule has 0 aliphatic heterocycles. The first kappa shape index (κ1) is 9.96. The summed E-state index contributed by atoms with van der Waals surface area (Å²) in [6.07, 6.45) is 1.80. The van der Waals surface area contributed by atoms with Gasteiger partial charge in [-0.2, -0.15) is 0 Å². The monoisotopic (exact) mass is 228 g/mol. The molecule has 0 bridgehead atoms. The maximum Gasteiger partial charge on any atom is 0.199 e. The highest BCUT2D eigenvalue weighted by Crippen LogP contribution is 2.26. The third-order valence-corrected chi connectivity index (χ3v) is 2.69. The van der Waals surface area contributed by atoms with Crippen LogP contribution < -0.4 is 4.74 Å². The standard InChI is InChI=1S/C13H12N2O2/c1-9-6-7-11(17-9)13-14-8-10-4-3-5-12(16-2)15(10)13/h3-8H,1-2H3. The fraction of sp³-hybridized carbons (Fsp3) is 0.154. The molecule has 0 unspecified atom stereocenters. The van der Waals surface area contributed by atoms with Gasteiger partial charge in [0.25, 0.3) is 0 Å². The zero-order valence-corrected chi connectivity index (χ0v) is 9.68. The maximum absolute atomic E-state index is 5.60. The summed E-state index contributed by atoms with van der Waals surface area (Å²) in [6, 6.07) is 9.65. The average molecular weight is 228 g/mol. The van der Waals surface area contributed by atoms with Crippen molar-refractivity contribution in [2.24, 2.45) is 0 Å². The molecule has 86 valence electrons. The normalized spacial score (nSPS) is 10.9. The van der Waals surface area contributed by atoms with E-state index in [0.717, 1.165) is 28.7 Å². The Morgan fingerprint density at radius 3 is 2.82 bits per heavy atom. The number of ether oxygens (including phenoxy) is 1. The molecule has 4 nitrogen and oxygen atoms in total. The molecule has 0 aliphatic carbocycles. The number of aryl methyl sites for hydroxylation is 1. The largest absolute Gasteiger partial charge is 0.482 e. The van der Waals surface area contributed by atoms with Crippen LogP contribution in [0.15, 0.2) is 40.9 Å². The van der Waals surface area contributed by atoms with Gasteiger partial charge in [-0.05, 0) is 31.2 Å². The van der Waals surface area contributed by atoms with Crippen LogP contribution in [0.4, 0.5) is 0 Å². The van der Waals surface area contributed by atoms with Crippen LogP contribution in [0.5, 0.6) is 5.88 Å². The van der Waals surface area contributed by atoms with Crippen molar-refractivity contribution in [1.29, 1.82) is 0 Å². The van der Waals surface area contributed by atoms with E-state index in [1.54, 1.807) is 13.3 Å². The summed E-state index contributed by atoms with van der Waals surface area (Å²) in [5, 5.41) is 0. The minimum atomic E-state index is 0.740. The molecular weight excluding hydrogens is 216 g/mol. The van der Waals surface area contributed by atoms with E-state index in [2.05, 4.69) is 4.98 Å². The molecule has 0 radical (unpaired) electrons. The minimum absolute atomic E-state index is 0.740. The highest BCUT2D eigenvalue weighted by molar-refractivity contribution is 5.60. The van der Waals surface area contributed by atoms with Crippen molar-refractivity contribution in [3.05, 3.63) is 42.3 Å². The molecule has 3 rings (SSSR count). The van der Waals surface area contributed by atoms with E-state index < -0.39 is 0 Å². The van der Waals surface area contributed by atoms with Gasteiger partial charge in [0.15, 0.2) is 17.5 Å². The van der Waals surface area contributed by atoms with E-state index in [4.69, 9.17) is 9.15 Å². The van der Waals surface area contributed by atoms with Crippen LogP contribution in [-0.4, -0.2) is 16.5 Å². The maximum atomic E-state index is 5.60. The molecule has 0 fully saturated rings. The number of hydrogen-bond donors (Lipinski definition) is 0. The zero-order chi connectivity index (χ0) is 11.8. The van der Waals surface area contributed by atoms with Gasteiger partial charge in [-0.3, -0.25) is 4.40 Å². The Labute approximate surface area is 98.5 Å². The summed E-state index contributed by atoms with van der Waals surface area (Å²) in [7, 11) is 1.64. The van der Waals surface area contributed by atoms with Gasteiger partial charge in [-0.25, -0.2) is 4.98 Å². The molecular formula is C13H12N2O2. The smallest absolute Gasteiger partial charge is 0.199 e. The summed E-state index contributed by atoms with van der Waals surface area (Å²) >= 11 is 0. The topological polar surface area (TPSA) is 39.7 Å². The number of nitrogens with zero attached hydrogens (tertiary/aromatic N) is 2. The van der Waals surface area contributed by atoms with Crippen molar-refractivity contribution >= 4 is 5.52 Å². The van der Waals surface area contributed by atoms with E-state index in [1.165, 1.54) is 0 Å². The molecule has 0 amide bonds. The van der Waals surface area contributed by atoms with Gasteiger partial charge in [0, 0.05) is 0 Å². The molecule has 0 aromatic carbocycles. The number of fused-ring (bicyclic) bond motifs is 1. The van der Waals surface area contributed by atoms with Crippen LogP contribution in [0.1, 0.15) is 5.76 Å². The Kier molecular flexibility index (Phi) is 2.14. The van der Waals surface area contributed by atoms with Gasteiger partial charge in [0.2, 0.25) is 0 Å². The summed E-state index contributed by atoms with van der Waals surface area (Å²) in [4.78, 5) is 4.38. The third kappa shape index (κ3) is 1.49. The third-order valence-electron chi connectivity index (χ3n) is 2.69. The number of rotatable bonds is 2. The molecule has 17 heavy (non-hydrogen) atoms. The van der Waals surface area contributed by atoms with Gasteiger partial charge in [-0.15, -0.1) is 0 Å². The summed E-state index contributed by atoms with van der Waals surface area (Å²) in [5.41, 5.74) is 0.980. The van der Waals surface area contributed by atoms with Crippen molar-refractivity contribution < 1.29 is 9.15 Å². The van der Waals surface area contributed by atoms with Gasteiger partial charge in [-0.1, -0.05) is 6.07 Å². The lowest BCUT2D eigenvalue weighted by Gasteiger charge is -2.05. The average Bonchev–Trinajstić information content (AvgIpc) is 2.94. The second-order valence-corrected chi connectivity index (χ2v) is 3.82. The van der Waals surface area contributed by atoms with E-state index >= 15 is 0 Å². The molecule has 3 aromatic heterocycles. The lowest BCUT2D eigenvalue weighted by molar-refractivity contribution is 0.392. The van der Waals surface area contributed by atoms with Crippen LogP contribution in [0.25, 0.3) is 17.1 Å². The van der Waals surface area contributed by atoms with E-state index in [9.17, 15) is 0 Å². The SMILES string of the molecule is COc1cccc2cnc(-c3ccc(C)o3)n12. The van der Waals surface area contributed by atoms with Crippen molar-refractivity contribution in [3.8, 4) is 17.5 Å². The van der Waals surface area contributed by atoms with E-state index in [-0.39, 0.29) is 0 Å². The van der Waals surface area contributed by atoms with Crippen LogP contribution in [0, 0.1) is 6.92 Å². The quantitative estimate of drug-likeness (QED) is 0.677. The highest BCUT2D eigenvalue weighted by atomic mass is 16.5. The molecule has 0 saturated carbocycles. The Hall–Kier alpha value is -2.23. The van der Waals surface area contributed by atoms with Crippen LogP contribution in [-0.2, 0) is 0 Å². The van der Waals surface area contributed by atoms with Gasteiger partial charge in [0.05, 0.1) is 18.8 Å². The first-order chi connectivity index (χ1) is 8.29.